The standard InChI is InChI=1S/C15H32N2S/c1-12(2)7-14(17(5)6)9-16-13-8-15(3,4)11-18-10-13/h12-14,16H,7-11H2,1-6H3. The molecule has 1 rings (SSSR count). The molecule has 18 heavy (non-hydrogen) atoms. The van der Waals surface area contributed by atoms with Gasteiger partial charge in [-0.2, -0.15) is 11.8 Å². The number of thioether (sulfide) groups is 1. The molecule has 0 spiro atoms. The van der Waals surface area contributed by atoms with Gasteiger partial charge in [0.15, 0.2) is 0 Å². The SMILES string of the molecule is CC(C)CC(CNC1CSCC(C)(C)C1)N(C)C. The monoisotopic (exact) mass is 272 g/mol. The van der Waals surface area contributed by atoms with Gasteiger partial charge in [-0.25, -0.2) is 0 Å². The molecule has 1 aliphatic heterocycles. The van der Waals surface area contributed by atoms with Crippen LogP contribution in [-0.2, 0) is 0 Å². The van der Waals surface area contributed by atoms with Crippen molar-refractivity contribution in [2.75, 3.05) is 32.1 Å². The normalized spacial score (nSPS) is 25.7. The number of nitrogens with one attached hydrogen (secondary N) is 1. The lowest BCUT2D eigenvalue weighted by Crippen LogP contribution is -2.46. The summed E-state index contributed by atoms with van der Waals surface area (Å²) in [4.78, 5) is 2.37. The molecule has 0 bridgehead atoms. The second-order valence-corrected chi connectivity index (χ2v) is 8.27. The molecule has 0 aromatic carbocycles. The molecule has 2 unspecified atom stereocenters. The van der Waals surface area contributed by atoms with Crippen molar-refractivity contribution in [3.63, 3.8) is 0 Å². The van der Waals surface area contributed by atoms with Crippen LogP contribution in [-0.4, -0.2) is 49.1 Å². The highest BCUT2D eigenvalue weighted by Crippen LogP contribution is 2.33. The van der Waals surface area contributed by atoms with Crippen LogP contribution in [0.15, 0.2) is 0 Å². The van der Waals surface area contributed by atoms with E-state index in [1.165, 1.54) is 24.3 Å². The Morgan fingerprint density at radius 3 is 2.50 bits per heavy atom. The summed E-state index contributed by atoms with van der Waals surface area (Å²) in [7, 11) is 4.41. The summed E-state index contributed by atoms with van der Waals surface area (Å²) in [6.07, 6.45) is 2.60. The van der Waals surface area contributed by atoms with Gasteiger partial charge in [0.05, 0.1) is 0 Å². The van der Waals surface area contributed by atoms with Crippen LogP contribution in [0.1, 0.15) is 40.5 Å². The van der Waals surface area contributed by atoms with Crippen molar-refractivity contribution in [3.8, 4) is 0 Å². The fourth-order valence-electron chi connectivity index (χ4n) is 2.72. The molecule has 2 atom stereocenters. The van der Waals surface area contributed by atoms with Crippen molar-refractivity contribution in [2.45, 2.75) is 52.6 Å². The van der Waals surface area contributed by atoms with E-state index in [2.05, 4.69) is 63.8 Å². The minimum Gasteiger partial charge on any atom is -0.312 e. The highest BCUT2D eigenvalue weighted by molar-refractivity contribution is 7.99. The zero-order valence-corrected chi connectivity index (χ0v) is 13.9. The maximum Gasteiger partial charge on any atom is 0.0217 e. The molecule has 2 nitrogen and oxygen atoms in total. The topological polar surface area (TPSA) is 15.3 Å². The molecule has 0 amide bonds. The van der Waals surface area contributed by atoms with Gasteiger partial charge in [-0.05, 0) is 44.0 Å². The third-order valence-corrected chi connectivity index (χ3v) is 5.35. The maximum atomic E-state index is 3.80. The minimum absolute atomic E-state index is 0.506. The zero-order chi connectivity index (χ0) is 13.8. The molecule has 1 saturated heterocycles. The molecule has 108 valence electrons. The van der Waals surface area contributed by atoms with Gasteiger partial charge in [-0.1, -0.05) is 27.7 Å². The van der Waals surface area contributed by atoms with Gasteiger partial charge in [-0.15, -0.1) is 0 Å². The summed E-state index contributed by atoms with van der Waals surface area (Å²) in [5.41, 5.74) is 0.506. The highest BCUT2D eigenvalue weighted by atomic mass is 32.2. The molecule has 0 aromatic rings. The summed E-state index contributed by atoms with van der Waals surface area (Å²) >= 11 is 2.11. The number of hydrogen-bond acceptors (Lipinski definition) is 3. The van der Waals surface area contributed by atoms with Crippen LogP contribution in [0.3, 0.4) is 0 Å². The fraction of sp³-hybridized carbons (Fsp3) is 1.00. The number of hydrogen-bond donors (Lipinski definition) is 1. The van der Waals surface area contributed by atoms with E-state index in [4.69, 9.17) is 0 Å². The summed E-state index contributed by atoms with van der Waals surface area (Å²) in [5.74, 6) is 3.37. The first-order chi connectivity index (χ1) is 8.30. The summed E-state index contributed by atoms with van der Waals surface area (Å²) < 4.78 is 0. The number of rotatable bonds is 6. The molecule has 0 aliphatic carbocycles. The maximum absolute atomic E-state index is 3.80. The van der Waals surface area contributed by atoms with Gasteiger partial charge in [-0.3, -0.25) is 0 Å². The van der Waals surface area contributed by atoms with E-state index in [9.17, 15) is 0 Å². The van der Waals surface area contributed by atoms with Crippen LogP contribution in [0.5, 0.6) is 0 Å². The Morgan fingerprint density at radius 2 is 2.00 bits per heavy atom. The van der Waals surface area contributed by atoms with Crippen molar-refractivity contribution < 1.29 is 0 Å². The highest BCUT2D eigenvalue weighted by Gasteiger charge is 2.28. The van der Waals surface area contributed by atoms with Crippen LogP contribution in [0.2, 0.25) is 0 Å². The molecular formula is C15H32N2S. The van der Waals surface area contributed by atoms with E-state index < -0.39 is 0 Å². The van der Waals surface area contributed by atoms with Gasteiger partial charge in [0.25, 0.3) is 0 Å². The van der Waals surface area contributed by atoms with E-state index >= 15 is 0 Å². The van der Waals surface area contributed by atoms with E-state index in [0.29, 0.717) is 17.5 Å². The Balaban J connectivity index is 2.37. The summed E-state index contributed by atoms with van der Waals surface area (Å²) in [6.45, 7) is 10.6. The first-order valence-electron chi connectivity index (χ1n) is 7.28. The van der Waals surface area contributed by atoms with Crippen molar-refractivity contribution in [1.82, 2.24) is 10.2 Å². The second kappa shape index (κ2) is 7.16. The van der Waals surface area contributed by atoms with Gasteiger partial charge in [0.1, 0.15) is 0 Å². The van der Waals surface area contributed by atoms with Gasteiger partial charge in [0.2, 0.25) is 0 Å². The molecule has 1 N–H and O–H groups in total. The van der Waals surface area contributed by atoms with Crippen molar-refractivity contribution in [1.29, 1.82) is 0 Å². The van der Waals surface area contributed by atoms with Crippen LogP contribution in [0, 0.1) is 11.3 Å². The van der Waals surface area contributed by atoms with Gasteiger partial charge in [0, 0.05) is 24.4 Å². The molecule has 0 aromatic heterocycles. The van der Waals surface area contributed by atoms with Crippen LogP contribution < -0.4 is 5.32 Å². The molecule has 0 radical (unpaired) electrons. The average molecular weight is 273 g/mol. The lowest BCUT2D eigenvalue weighted by atomic mass is 9.87. The van der Waals surface area contributed by atoms with E-state index in [-0.39, 0.29) is 0 Å². The smallest absolute Gasteiger partial charge is 0.0217 e. The Labute approximate surface area is 118 Å². The van der Waals surface area contributed by atoms with Crippen LogP contribution >= 0.6 is 11.8 Å². The van der Waals surface area contributed by atoms with Gasteiger partial charge >= 0.3 is 0 Å². The van der Waals surface area contributed by atoms with E-state index in [1.807, 2.05) is 0 Å². The van der Waals surface area contributed by atoms with E-state index in [1.54, 1.807) is 0 Å². The average Bonchev–Trinajstić information content (AvgIpc) is 2.22. The predicted molar refractivity (Wildman–Crippen MR) is 84.4 cm³/mol. The summed E-state index contributed by atoms with van der Waals surface area (Å²) in [6, 6.07) is 1.37. The Kier molecular flexibility index (Phi) is 6.49. The molecular weight excluding hydrogens is 240 g/mol. The molecule has 3 heteroatoms. The van der Waals surface area contributed by atoms with Crippen LogP contribution in [0.4, 0.5) is 0 Å². The van der Waals surface area contributed by atoms with Crippen molar-refractivity contribution >= 4 is 11.8 Å². The first kappa shape index (κ1) is 16.3. The van der Waals surface area contributed by atoms with E-state index in [0.717, 1.165) is 12.5 Å². The molecule has 0 saturated carbocycles. The minimum atomic E-state index is 0.506. The fourth-order valence-corrected chi connectivity index (χ4v) is 4.03. The second-order valence-electron chi connectivity index (χ2n) is 7.24. The predicted octanol–water partition coefficient (Wildman–Crippen LogP) is 3.08. The molecule has 1 heterocycles. The van der Waals surface area contributed by atoms with Gasteiger partial charge < -0.3 is 10.2 Å². The van der Waals surface area contributed by atoms with Crippen molar-refractivity contribution in [2.24, 2.45) is 11.3 Å². The first-order valence-corrected chi connectivity index (χ1v) is 8.43. The quantitative estimate of drug-likeness (QED) is 0.800. The zero-order valence-electron chi connectivity index (χ0n) is 13.1. The summed E-state index contributed by atoms with van der Waals surface area (Å²) in [5, 5.41) is 3.80. The lowest BCUT2D eigenvalue weighted by molar-refractivity contribution is 0.230. The molecule has 1 aliphatic rings. The Hall–Kier alpha value is 0.270. The molecule has 1 fully saturated rings. The van der Waals surface area contributed by atoms with Crippen LogP contribution in [0.25, 0.3) is 0 Å². The number of likely N-dealkylation sites (N-methyl/N-ethyl adjacent to an activating group) is 1. The Morgan fingerprint density at radius 1 is 1.33 bits per heavy atom. The third kappa shape index (κ3) is 5.94. The lowest BCUT2D eigenvalue weighted by Gasteiger charge is -2.36. The Bertz CT molecular complexity index is 239. The third-order valence-electron chi connectivity index (χ3n) is 3.73. The largest absolute Gasteiger partial charge is 0.312 e. The number of nitrogens with zero attached hydrogens (tertiary/aromatic N) is 1. The van der Waals surface area contributed by atoms with Crippen molar-refractivity contribution in [3.05, 3.63) is 0 Å².